The van der Waals surface area contributed by atoms with Crippen LogP contribution in [0.2, 0.25) is 0 Å². The van der Waals surface area contributed by atoms with Crippen molar-refractivity contribution >= 4 is 40.2 Å². The van der Waals surface area contributed by atoms with Crippen LogP contribution in [0.15, 0.2) is 74.0 Å². The molecule has 0 fully saturated rings. The number of rotatable bonds is 5. The molecule has 1 atom stereocenters. The van der Waals surface area contributed by atoms with Crippen LogP contribution in [0.3, 0.4) is 0 Å². The lowest BCUT2D eigenvalue weighted by molar-refractivity contribution is -0.130. The van der Waals surface area contributed by atoms with Gasteiger partial charge < -0.3 is 14.6 Å². The average Bonchev–Trinajstić information content (AvgIpc) is 3.56. The largest absolute Gasteiger partial charge is 0.467 e. The number of nitrogen functional groups attached to an aromatic ring is 1. The number of anilines is 1. The lowest BCUT2D eigenvalue weighted by Crippen LogP contribution is -2.28. The Bertz CT molecular complexity index is 1340. The summed E-state index contributed by atoms with van der Waals surface area (Å²) in [4.78, 5) is 21.2. The van der Waals surface area contributed by atoms with Crippen molar-refractivity contribution in [3.63, 3.8) is 0 Å². The quantitative estimate of drug-likeness (QED) is 0.363. The minimum atomic E-state index is -0.381. The Morgan fingerprint density at radius 3 is 2.94 bits per heavy atom. The number of aromatic nitrogens is 2. The van der Waals surface area contributed by atoms with E-state index in [9.17, 15) is 4.79 Å². The number of furan rings is 2. The fourth-order valence-electron chi connectivity index (χ4n) is 3.44. The predicted molar refractivity (Wildman–Crippen MR) is 118 cm³/mol. The molecule has 0 radical (unpaired) electrons. The van der Waals surface area contributed by atoms with Crippen LogP contribution in [-0.4, -0.2) is 32.3 Å². The fourth-order valence-corrected chi connectivity index (χ4v) is 4.12. The third kappa shape index (κ3) is 3.70. The Morgan fingerprint density at radius 1 is 1.31 bits per heavy atom. The Balaban J connectivity index is 1.39. The number of nitriles is 1. The molecule has 3 aromatic heterocycles. The first-order valence-electron chi connectivity index (χ1n) is 9.69. The summed E-state index contributed by atoms with van der Waals surface area (Å²) in [5.41, 5.74) is 7.35. The highest BCUT2D eigenvalue weighted by Gasteiger charge is 2.36. The molecule has 1 amide bonds. The van der Waals surface area contributed by atoms with Crippen LogP contribution in [-0.2, 0) is 4.79 Å². The van der Waals surface area contributed by atoms with Gasteiger partial charge in [-0.2, -0.15) is 10.4 Å². The maximum Gasteiger partial charge on any atom is 0.253 e. The second-order valence-corrected chi connectivity index (χ2v) is 7.96. The molecule has 1 aliphatic rings. The van der Waals surface area contributed by atoms with Gasteiger partial charge in [-0.05, 0) is 24.3 Å². The number of nitrogens with two attached hydrogens (primary N) is 1. The van der Waals surface area contributed by atoms with Crippen LogP contribution in [0.4, 0.5) is 5.82 Å². The van der Waals surface area contributed by atoms with E-state index < -0.39 is 0 Å². The van der Waals surface area contributed by atoms with Crippen molar-refractivity contribution in [2.24, 2.45) is 5.10 Å². The molecule has 0 aliphatic carbocycles. The second kappa shape index (κ2) is 8.20. The first-order chi connectivity index (χ1) is 15.6. The van der Waals surface area contributed by atoms with Crippen LogP contribution >= 0.6 is 11.8 Å². The molecule has 0 saturated heterocycles. The van der Waals surface area contributed by atoms with E-state index in [2.05, 4.69) is 15.1 Å². The van der Waals surface area contributed by atoms with Gasteiger partial charge in [-0.3, -0.25) is 4.79 Å². The van der Waals surface area contributed by atoms with Gasteiger partial charge in [-0.1, -0.05) is 30.0 Å². The van der Waals surface area contributed by atoms with Crippen LogP contribution in [0.1, 0.15) is 29.5 Å². The average molecular weight is 444 g/mol. The third-order valence-corrected chi connectivity index (χ3v) is 5.83. The molecule has 2 N–H and O–H groups in total. The minimum Gasteiger partial charge on any atom is -0.467 e. The molecule has 1 aromatic carbocycles. The highest BCUT2D eigenvalue weighted by atomic mass is 32.2. The number of para-hydroxylation sites is 1. The molecule has 0 saturated carbocycles. The van der Waals surface area contributed by atoms with E-state index in [4.69, 9.17) is 19.8 Å². The molecule has 0 bridgehead atoms. The number of hydrazone groups is 1. The van der Waals surface area contributed by atoms with Crippen molar-refractivity contribution in [3.8, 4) is 6.07 Å². The lowest BCUT2D eigenvalue weighted by atomic mass is 10.1. The summed E-state index contributed by atoms with van der Waals surface area (Å²) in [6.45, 7) is 0. The number of amides is 1. The summed E-state index contributed by atoms with van der Waals surface area (Å²) in [5.74, 6) is 1.14. The highest BCUT2D eigenvalue weighted by molar-refractivity contribution is 7.99. The van der Waals surface area contributed by atoms with E-state index in [1.165, 1.54) is 11.2 Å². The Morgan fingerprint density at radius 2 is 2.19 bits per heavy atom. The fraction of sp³-hybridized carbons (Fsp3) is 0.136. The highest BCUT2D eigenvalue weighted by Crippen LogP contribution is 2.35. The van der Waals surface area contributed by atoms with Gasteiger partial charge in [-0.25, -0.2) is 15.0 Å². The molecule has 5 rings (SSSR count). The van der Waals surface area contributed by atoms with E-state index in [0.29, 0.717) is 28.8 Å². The lowest BCUT2D eigenvalue weighted by Gasteiger charge is -2.19. The normalized spacial score (nSPS) is 15.7. The van der Waals surface area contributed by atoms with E-state index in [-0.39, 0.29) is 29.1 Å². The topological polar surface area (TPSA) is 135 Å². The summed E-state index contributed by atoms with van der Waals surface area (Å²) in [6.07, 6.45) is 3.37. The molecular formula is C22H16N6O3S. The molecular weight excluding hydrogens is 428 g/mol. The zero-order chi connectivity index (χ0) is 22.1. The molecule has 9 nitrogen and oxygen atoms in total. The second-order valence-electron chi connectivity index (χ2n) is 7.02. The SMILES string of the molecule is N#Cc1cnc(SCC(=O)N2N=C(c3cc4ccccc4o3)C[C@@H]2c2ccco2)nc1N. The van der Waals surface area contributed by atoms with Crippen molar-refractivity contribution in [2.75, 3.05) is 11.5 Å². The zero-order valence-electron chi connectivity index (χ0n) is 16.6. The maximum absolute atomic E-state index is 13.1. The minimum absolute atomic E-state index is 0.0411. The molecule has 4 aromatic rings. The Kier molecular flexibility index (Phi) is 5.09. The van der Waals surface area contributed by atoms with Gasteiger partial charge in [-0.15, -0.1) is 0 Å². The van der Waals surface area contributed by atoms with E-state index in [0.717, 1.165) is 22.7 Å². The maximum atomic E-state index is 13.1. The molecule has 0 unspecified atom stereocenters. The zero-order valence-corrected chi connectivity index (χ0v) is 17.5. The van der Waals surface area contributed by atoms with Crippen LogP contribution in [0.25, 0.3) is 11.0 Å². The first-order valence-corrected chi connectivity index (χ1v) is 10.7. The number of carbonyl (C=O) groups is 1. The monoisotopic (exact) mass is 444 g/mol. The van der Waals surface area contributed by atoms with Gasteiger partial charge in [0, 0.05) is 11.8 Å². The summed E-state index contributed by atoms with van der Waals surface area (Å²) in [7, 11) is 0. The number of carbonyl (C=O) groups excluding carboxylic acids is 1. The number of thioether (sulfide) groups is 1. The Labute approximate surface area is 186 Å². The molecule has 158 valence electrons. The van der Waals surface area contributed by atoms with Crippen molar-refractivity contribution in [3.05, 3.63) is 72.0 Å². The summed E-state index contributed by atoms with van der Waals surface area (Å²) >= 11 is 1.12. The molecule has 4 heterocycles. The summed E-state index contributed by atoms with van der Waals surface area (Å²) in [5, 5.41) is 16.2. The van der Waals surface area contributed by atoms with E-state index in [1.807, 2.05) is 42.5 Å². The number of benzene rings is 1. The summed E-state index contributed by atoms with van der Waals surface area (Å²) in [6, 6.07) is 14.7. The molecule has 1 aliphatic heterocycles. The van der Waals surface area contributed by atoms with Gasteiger partial charge in [0.05, 0.1) is 18.2 Å². The smallest absolute Gasteiger partial charge is 0.253 e. The van der Waals surface area contributed by atoms with Crippen molar-refractivity contribution in [1.82, 2.24) is 15.0 Å². The van der Waals surface area contributed by atoms with Gasteiger partial charge in [0.1, 0.15) is 40.5 Å². The number of hydrogen-bond acceptors (Lipinski definition) is 9. The van der Waals surface area contributed by atoms with Gasteiger partial charge in [0.2, 0.25) is 0 Å². The number of hydrogen-bond donors (Lipinski definition) is 1. The van der Waals surface area contributed by atoms with E-state index in [1.54, 1.807) is 12.3 Å². The van der Waals surface area contributed by atoms with Gasteiger partial charge >= 0.3 is 0 Å². The van der Waals surface area contributed by atoms with Crippen LogP contribution in [0, 0.1) is 11.3 Å². The van der Waals surface area contributed by atoms with Gasteiger partial charge in [0.15, 0.2) is 10.9 Å². The predicted octanol–water partition coefficient (Wildman–Crippen LogP) is 3.74. The molecule has 32 heavy (non-hydrogen) atoms. The van der Waals surface area contributed by atoms with E-state index >= 15 is 0 Å². The standard InChI is InChI=1S/C22H16N6O3S/c23-10-14-11-25-22(26-21(14)24)32-12-20(29)28-16(18-6-3-7-30-18)9-15(27-28)19-8-13-4-1-2-5-17(13)31-19/h1-8,11,16H,9,12H2,(H2,24,25,26)/t16-/m1/s1. The van der Waals surface area contributed by atoms with Crippen LogP contribution in [0.5, 0.6) is 0 Å². The van der Waals surface area contributed by atoms with Crippen molar-refractivity contribution < 1.29 is 13.6 Å². The number of fused-ring (bicyclic) bond motifs is 1. The van der Waals surface area contributed by atoms with Gasteiger partial charge in [0.25, 0.3) is 5.91 Å². The number of nitrogens with zero attached hydrogens (tertiary/aromatic N) is 5. The molecule has 10 heteroatoms. The van der Waals surface area contributed by atoms with Crippen molar-refractivity contribution in [1.29, 1.82) is 5.26 Å². The Hall–Kier alpha value is -4.10. The summed E-state index contributed by atoms with van der Waals surface area (Å²) < 4.78 is 11.5. The van der Waals surface area contributed by atoms with Crippen LogP contribution < -0.4 is 5.73 Å². The third-order valence-electron chi connectivity index (χ3n) is 4.99. The first kappa shape index (κ1) is 19.8. The van der Waals surface area contributed by atoms with Crippen molar-refractivity contribution in [2.45, 2.75) is 17.6 Å². The molecule has 0 spiro atoms.